The van der Waals surface area contributed by atoms with E-state index in [1.165, 1.54) is 18.4 Å². The minimum Gasteiger partial charge on any atom is -0.465 e. The van der Waals surface area contributed by atoms with Crippen LogP contribution in [-0.4, -0.2) is 49.4 Å². The quantitative estimate of drug-likeness (QED) is 0.470. The Hall–Kier alpha value is -2.33. The van der Waals surface area contributed by atoms with Crippen molar-refractivity contribution in [3.8, 4) is 11.8 Å². The maximum Gasteiger partial charge on any atom is 0.350 e. The fraction of sp³-hybridized carbons (Fsp3) is 0.654. The number of methoxy groups -OCH3 is 1. The maximum absolute atomic E-state index is 13.9. The third kappa shape index (κ3) is 5.97. The standard InChI is InChI=1S/C26H36N2O4S/c1-17-9-11-18(12-10-17)23(29)28(20-8-7-15-27(5)24(20)30)21-16-19(13-14-26(2,3)4)33-22(21)25(31)32-6/h16-18,20H,7-12,15H2,1-6H3/t17?,18?,20-/m0/s1. The summed E-state index contributed by atoms with van der Waals surface area (Å²) in [6.45, 7) is 8.95. The van der Waals surface area contributed by atoms with Crippen molar-refractivity contribution < 1.29 is 19.1 Å². The molecule has 0 unspecified atom stereocenters. The first-order valence-corrected chi connectivity index (χ1v) is 12.7. The normalized spacial score (nSPS) is 23.5. The molecule has 0 N–H and O–H groups in total. The Balaban J connectivity index is 2.09. The van der Waals surface area contributed by atoms with E-state index in [0.29, 0.717) is 34.3 Å². The van der Waals surface area contributed by atoms with E-state index in [1.54, 1.807) is 22.9 Å². The largest absolute Gasteiger partial charge is 0.465 e. The summed E-state index contributed by atoms with van der Waals surface area (Å²) in [6.07, 6.45) is 5.00. The molecule has 0 aromatic carbocycles. The molecule has 1 saturated carbocycles. The number of anilines is 1. The number of esters is 1. The Morgan fingerprint density at radius 1 is 1.18 bits per heavy atom. The Bertz CT molecular complexity index is 957. The van der Waals surface area contributed by atoms with Crippen LogP contribution in [0.2, 0.25) is 0 Å². The molecule has 1 aromatic heterocycles. The molecule has 2 fully saturated rings. The Morgan fingerprint density at radius 2 is 1.85 bits per heavy atom. The molecule has 2 aliphatic rings. The zero-order valence-corrected chi connectivity index (χ0v) is 21.5. The van der Waals surface area contributed by atoms with Crippen LogP contribution in [0.25, 0.3) is 0 Å². The number of hydrogen-bond donors (Lipinski definition) is 0. The van der Waals surface area contributed by atoms with Gasteiger partial charge in [0, 0.05) is 24.9 Å². The first-order chi connectivity index (χ1) is 15.5. The van der Waals surface area contributed by atoms with Gasteiger partial charge in [-0.15, -0.1) is 11.3 Å². The van der Waals surface area contributed by atoms with Gasteiger partial charge in [-0.3, -0.25) is 14.5 Å². The number of thiophene rings is 1. The second kappa shape index (κ2) is 10.3. The fourth-order valence-corrected chi connectivity index (χ4v) is 5.42. The van der Waals surface area contributed by atoms with E-state index in [4.69, 9.17) is 4.74 Å². The molecule has 0 radical (unpaired) electrons. The summed E-state index contributed by atoms with van der Waals surface area (Å²) in [7, 11) is 3.11. The Kier molecular flexibility index (Phi) is 7.89. The molecule has 7 heteroatoms. The number of rotatable bonds is 4. The average Bonchev–Trinajstić information content (AvgIpc) is 3.19. The van der Waals surface area contributed by atoms with E-state index < -0.39 is 12.0 Å². The van der Waals surface area contributed by atoms with E-state index >= 15 is 0 Å². The summed E-state index contributed by atoms with van der Waals surface area (Å²) in [4.78, 5) is 44.1. The highest BCUT2D eigenvalue weighted by atomic mass is 32.1. The molecule has 6 nitrogen and oxygen atoms in total. The average molecular weight is 473 g/mol. The monoisotopic (exact) mass is 472 g/mol. The number of hydrogen-bond acceptors (Lipinski definition) is 5. The maximum atomic E-state index is 13.9. The number of ether oxygens (including phenoxy) is 1. The van der Waals surface area contributed by atoms with E-state index in [-0.39, 0.29) is 23.1 Å². The zero-order valence-electron chi connectivity index (χ0n) is 20.7. The first-order valence-electron chi connectivity index (χ1n) is 11.8. The molecule has 1 aliphatic carbocycles. The number of amides is 2. The molecule has 33 heavy (non-hydrogen) atoms. The van der Waals surface area contributed by atoms with Gasteiger partial charge in [-0.1, -0.05) is 18.8 Å². The minimum absolute atomic E-state index is 0.0613. The topological polar surface area (TPSA) is 66.9 Å². The van der Waals surface area contributed by atoms with Crippen molar-refractivity contribution in [2.45, 2.75) is 72.3 Å². The molecule has 180 valence electrons. The summed E-state index contributed by atoms with van der Waals surface area (Å²) in [5, 5.41) is 0. The van der Waals surface area contributed by atoms with Crippen molar-refractivity contribution in [3.63, 3.8) is 0 Å². The van der Waals surface area contributed by atoms with Crippen LogP contribution in [0.1, 0.15) is 80.8 Å². The van der Waals surface area contributed by atoms with Crippen molar-refractivity contribution in [2.75, 3.05) is 25.6 Å². The lowest BCUT2D eigenvalue weighted by Crippen LogP contribution is -2.55. The van der Waals surface area contributed by atoms with E-state index in [1.807, 2.05) is 20.8 Å². The number of likely N-dealkylation sites (tertiary alicyclic amines) is 1. The van der Waals surface area contributed by atoms with Crippen LogP contribution in [0, 0.1) is 29.1 Å². The first kappa shape index (κ1) is 25.3. The van der Waals surface area contributed by atoms with E-state index in [2.05, 4.69) is 18.8 Å². The lowest BCUT2D eigenvalue weighted by atomic mass is 9.82. The number of likely N-dealkylation sites (N-methyl/N-ethyl adjacent to an activating group) is 1. The molecule has 3 rings (SSSR count). The van der Waals surface area contributed by atoms with Gasteiger partial charge < -0.3 is 9.64 Å². The molecule has 1 aliphatic heterocycles. The van der Waals surface area contributed by atoms with E-state index in [9.17, 15) is 14.4 Å². The molecule has 2 heterocycles. The highest BCUT2D eigenvalue weighted by Gasteiger charge is 2.41. The van der Waals surface area contributed by atoms with E-state index in [0.717, 1.165) is 32.1 Å². The van der Waals surface area contributed by atoms with Gasteiger partial charge in [0.15, 0.2) is 0 Å². The minimum atomic E-state index is -0.614. The predicted octanol–water partition coefficient (Wildman–Crippen LogP) is 4.71. The molecular weight excluding hydrogens is 436 g/mol. The van der Waals surface area contributed by atoms with Crippen LogP contribution in [-0.2, 0) is 14.3 Å². The summed E-state index contributed by atoms with van der Waals surface area (Å²) in [6, 6.07) is 1.18. The number of carbonyl (C=O) groups excluding carboxylic acids is 3. The smallest absolute Gasteiger partial charge is 0.350 e. The van der Waals surface area contributed by atoms with Gasteiger partial charge in [0.25, 0.3) is 0 Å². The molecule has 0 bridgehead atoms. The van der Waals surface area contributed by atoms with Crippen molar-refractivity contribution in [1.82, 2.24) is 4.90 Å². The zero-order chi connectivity index (χ0) is 24.3. The fourth-order valence-electron chi connectivity index (χ4n) is 4.50. The van der Waals surface area contributed by atoms with Crippen LogP contribution >= 0.6 is 11.3 Å². The van der Waals surface area contributed by atoms with Crippen molar-refractivity contribution >= 4 is 34.8 Å². The Morgan fingerprint density at radius 3 is 2.45 bits per heavy atom. The highest BCUT2D eigenvalue weighted by Crippen LogP contribution is 2.38. The van der Waals surface area contributed by atoms with Gasteiger partial charge in [-0.25, -0.2) is 4.79 Å². The van der Waals surface area contributed by atoms with Crippen molar-refractivity contribution in [3.05, 3.63) is 15.8 Å². The number of piperidine rings is 1. The Labute approximate surface area is 201 Å². The van der Waals surface area contributed by atoms with Crippen LogP contribution in [0.5, 0.6) is 0 Å². The lowest BCUT2D eigenvalue weighted by molar-refractivity contribution is -0.136. The SMILES string of the molecule is COC(=O)c1sc(C#CC(C)(C)C)cc1N(C(=O)C1CCC(C)CC1)[C@H]1CCCN(C)C1=O. The van der Waals surface area contributed by atoms with Crippen LogP contribution in [0.4, 0.5) is 5.69 Å². The van der Waals surface area contributed by atoms with Crippen molar-refractivity contribution in [1.29, 1.82) is 0 Å². The second-order valence-corrected chi connectivity index (χ2v) is 11.5. The molecule has 1 atom stereocenters. The number of nitrogens with zero attached hydrogens (tertiary/aromatic N) is 2. The van der Waals surface area contributed by atoms with Crippen LogP contribution < -0.4 is 4.90 Å². The van der Waals surface area contributed by atoms with Gasteiger partial charge in [0.2, 0.25) is 11.8 Å². The molecule has 0 spiro atoms. The van der Waals surface area contributed by atoms with Gasteiger partial charge in [0.1, 0.15) is 10.9 Å². The third-order valence-electron chi connectivity index (χ3n) is 6.45. The second-order valence-electron chi connectivity index (χ2n) is 10.4. The van der Waals surface area contributed by atoms with Gasteiger partial charge in [0.05, 0.1) is 17.7 Å². The third-order valence-corrected chi connectivity index (χ3v) is 7.47. The summed E-state index contributed by atoms with van der Waals surface area (Å²) in [5.74, 6) is 6.17. The molecule has 2 amide bonds. The highest BCUT2D eigenvalue weighted by molar-refractivity contribution is 7.15. The summed E-state index contributed by atoms with van der Waals surface area (Å²) in [5.41, 5.74) is 0.258. The van der Waals surface area contributed by atoms with Crippen LogP contribution in [0.3, 0.4) is 0 Å². The van der Waals surface area contributed by atoms with Crippen molar-refractivity contribution in [2.24, 2.45) is 17.3 Å². The van der Waals surface area contributed by atoms with Gasteiger partial charge >= 0.3 is 5.97 Å². The summed E-state index contributed by atoms with van der Waals surface area (Å²) < 4.78 is 5.05. The molecule has 1 aromatic rings. The lowest BCUT2D eigenvalue weighted by Gasteiger charge is -2.39. The summed E-state index contributed by atoms with van der Waals surface area (Å²) >= 11 is 1.22. The van der Waals surface area contributed by atoms with Crippen LogP contribution in [0.15, 0.2) is 6.07 Å². The van der Waals surface area contributed by atoms with Gasteiger partial charge in [-0.2, -0.15) is 0 Å². The van der Waals surface area contributed by atoms with Gasteiger partial charge in [-0.05, 0) is 71.3 Å². The molecule has 1 saturated heterocycles. The molecular formula is C26H36N2O4S. The number of carbonyl (C=O) groups is 3. The predicted molar refractivity (Wildman–Crippen MR) is 131 cm³/mol.